The summed E-state index contributed by atoms with van der Waals surface area (Å²) in [6.07, 6.45) is 1.64. The molecule has 2 heterocycles. The number of hydrogen-bond donors (Lipinski definition) is 2. The summed E-state index contributed by atoms with van der Waals surface area (Å²) < 4.78 is 0. The van der Waals surface area contributed by atoms with Crippen LogP contribution in [0.1, 0.15) is 16.1 Å². The largest absolute Gasteiger partial charge is 0.349 e. The van der Waals surface area contributed by atoms with Crippen LogP contribution in [0.15, 0.2) is 18.3 Å². The Bertz CT molecular complexity index is 414. The molecule has 1 saturated carbocycles. The first-order valence-corrected chi connectivity index (χ1v) is 5.70. The van der Waals surface area contributed by atoms with Gasteiger partial charge in [0.15, 0.2) is 0 Å². The fraction of sp³-hybridized carbons (Fsp3) is 0.500. The smallest absolute Gasteiger partial charge is 0.253 e. The first-order chi connectivity index (χ1) is 7.75. The number of pyridine rings is 1. The molecule has 2 atom stereocenters. The topological polar surface area (TPSA) is 54.0 Å². The summed E-state index contributed by atoms with van der Waals surface area (Å²) in [5.74, 6) is 1.32. The highest BCUT2D eigenvalue weighted by Gasteiger charge is 2.53. The minimum atomic E-state index is 0. The normalized spacial score (nSPS) is 27.5. The summed E-state index contributed by atoms with van der Waals surface area (Å²) in [4.78, 5) is 16.0. The van der Waals surface area contributed by atoms with Crippen molar-refractivity contribution in [2.24, 2.45) is 11.8 Å². The Morgan fingerprint density at radius 2 is 2.00 bits per heavy atom. The van der Waals surface area contributed by atoms with Crippen LogP contribution in [0, 0.1) is 18.8 Å². The van der Waals surface area contributed by atoms with E-state index >= 15 is 0 Å². The van der Waals surface area contributed by atoms with E-state index in [0.717, 1.165) is 18.8 Å². The number of piperidine rings is 1. The molecule has 1 saturated heterocycles. The zero-order chi connectivity index (χ0) is 11.1. The van der Waals surface area contributed by atoms with Gasteiger partial charge >= 0.3 is 0 Å². The summed E-state index contributed by atoms with van der Waals surface area (Å²) in [6.45, 7) is 4.00. The second-order valence-corrected chi connectivity index (χ2v) is 4.67. The Hall–Kier alpha value is -0.840. The molecule has 2 fully saturated rings. The predicted octanol–water partition coefficient (Wildman–Crippen LogP) is 1.18. The van der Waals surface area contributed by atoms with Crippen LogP contribution in [-0.2, 0) is 0 Å². The number of aryl methyl sites for hydroxylation is 1. The van der Waals surface area contributed by atoms with Gasteiger partial charge in [0.05, 0.1) is 5.56 Å². The molecule has 2 aliphatic rings. The highest BCUT2D eigenvalue weighted by atomic mass is 35.5. The summed E-state index contributed by atoms with van der Waals surface area (Å²) in [6, 6.07) is 4.08. The number of amides is 1. The lowest BCUT2D eigenvalue weighted by Crippen LogP contribution is -2.32. The first kappa shape index (κ1) is 15.2. The highest BCUT2D eigenvalue weighted by molar-refractivity contribution is 5.94. The van der Waals surface area contributed by atoms with Crippen LogP contribution >= 0.6 is 24.8 Å². The second-order valence-electron chi connectivity index (χ2n) is 4.67. The zero-order valence-corrected chi connectivity index (χ0v) is 11.7. The van der Waals surface area contributed by atoms with Gasteiger partial charge in [-0.1, -0.05) is 0 Å². The fourth-order valence-electron chi connectivity index (χ4n) is 2.47. The van der Waals surface area contributed by atoms with Gasteiger partial charge in [-0.15, -0.1) is 24.8 Å². The van der Waals surface area contributed by atoms with E-state index in [-0.39, 0.29) is 30.7 Å². The van der Waals surface area contributed by atoms with Gasteiger partial charge in [-0.25, -0.2) is 0 Å². The molecule has 4 nitrogen and oxygen atoms in total. The predicted molar refractivity (Wildman–Crippen MR) is 74.6 cm³/mol. The third-order valence-electron chi connectivity index (χ3n) is 3.56. The lowest BCUT2D eigenvalue weighted by molar-refractivity contribution is 0.0946. The first-order valence-electron chi connectivity index (χ1n) is 5.70. The van der Waals surface area contributed by atoms with Crippen LogP contribution in [0.3, 0.4) is 0 Å². The molecule has 3 rings (SSSR count). The maximum absolute atomic E-state index is 11.9. The van der Waals surface area contributed by atoms with Crippen molar-refractivity contribution in [1.82, 2.24) is 15.6 Å². The van der Waals surface area contributed by atoms with E-state index in [0.29, 0.717) is 23.4 Å². The third kappa shape index (κ3) is 2.76. The van der Waals surface area contributed by atoms with Crippen molar-refractivity contribution in [1.29, 1.82) is 0 Å². The standard InChI is InChI=1S/C12H15N3O.2ClH/c1-7-2-3-8(4-14-7)12(16)15-11-9-5-13-6-10(9)11;;/h2-4,9-11,13H,5-6H2,1H3,(H,15,16);2*1H. The number of aromatic nitrogens is 1. The number of fused-ring (bicyclic) bond motifs is 1. The van der Waals surface area contributed by atoms with Gasteiger partial charge in [0.1, 0.15) is 0 Å². The SMILES string of the molecule is Cc1ccc(C(=O)NC2C3CNCC32)cn1.Cl.Cl. The summed E-state index contributed by atoms with van der Waals surface area (Å²) in [5.41, 5.74) is 1.59. The molecule has 1 aliphatic heterocycles. The van der Waals surface area contributed by atoms with Crippen LogP contribution < -0.4 is 10.6 Å². The molecule has 0 aromatic carbocycles. The molecule has 0 bridgehead atoms. The molecule has 1 aromatic heterocycles. The van der Waals surface area contributed by atoms with E-state index in [1.165, 1.54) is 0 Å². The van der Waals surface area contributed by atoms with Crippen molar-refractivity contribution < 1.29 is 4.79 Å². The molecule has 1 amide bonds. The molecule has 2 N–H and O–H groups in total. The monoisotopic (exact) mass is 289 g/mol. The quantitative estimate of drug-likeness (QED) is 0.860. The molecule has 1 aromatic rings. The number of carbonyl (C=O) groups is 1. The average Bonchev–Trinajstić information content (AvgIpc) is 2.75. The number of hydrogen-bond acceptors (Lipinski definition) is 3. The maximum atomic E-state index is 11.9. The van der Waals surface area contributed by atoms with E-state index in [2.05, 4.69) is 15.6 Å². The minimum absolute atomic E-state index is 0. The van der Waals surface area contributed by atoms with E-state index in [4.69, 9.17) is 0 Å². The molecule has 18 heavy (non-hydrogen) atoms. The van der Waals surface area contributed by atoms with E-state index in [1.54, 1.807) is 6.20 Å². The van der Waals surface area contributed by atoms with Gasteiger partial charge in [-0.2, -0.15) is 0 Å². The van der Waals surface area contributed by atoms with Gasteiger partial charge in [0.25, 0.3) is 5.91 Å². The third-order valence-corrected chi connectivity index (χ3v) is 3.56. The number of nitrogens with one attached hydrogen (secondary N) is 2. The lowest BCUT2D eigenvalue weighted by Gasteiger charge is -2.07. The van der Waals surface area contributed by atoms with Crippen molar-refractivity contribution in [3.63, 3.8) is 0 Å². The lowest BCUT2D eigenvalue weighted by atomic mass is 10.2. The number of nitrogens with zero attached hydrogens (tertiary/aromatic N) is 1. The fourth-order valence-corrected chi connectivity index (χ4v) is 2.47. The Morgan fingerprint density at radius 3 is 2.56 bits per heavy atom. The highest BCUT2D eigenvalue weighted by Crippen LogP contribution is 2.41. The number of carbonyl (C=O) groups excluding carboxylic acids is 1. The second kappa shape index (κ2) is 5.87. The molecular formula is C12H17Cl2N3O. The molecule has 1 aliphatic carbocycles. The number of halogens is 2. The van der Waals surface area contributed by atoms with E-state index in [1.807, 2.05) is 19.1 Å². The molecule has 0 spiro atoms. The van der Waals surface area contributed by atoms with Crippen LogP contribution in [0.5, 0.6) is 0 Å². The van der Waals surface area contributed by atoms with Crippen molar-refractivity contribution in [3.05, 3.63) is 29.6 Å². The van der Waals surface area contributed by atoms with Crippen LogP contribution in [0.25, 0.3) is 0 Å². The van der Waals surface area contributed by atoms with Crippen molar-refractivity contribution in [2.45, 2.75) is 13.0 Å². The maximum Gasteiger partial charge on any atom is 0.253 e. The molecule has 2 unspecified atom stereocenters. The van der Waals surface area contributed by atoms with Crippen LogP contribution in [0.2, 0.25) is 0 Å². The molecule has 100 valence electrons. The van der Waals surface area contributed by atoms with Crippen molar-refractivity contribution >= 4 is 30.7 Å². The van der Waals surface area contributed by atoms with Gasteiger partial charge in [0, 0.05) is 31.0 Å². The van der Waals surface area contributed by atoms with Gasteiger partial charge in [-0.05, 0) is 30.9 Å². The Balaban J connectivity index is 0.000000810. The Kier molecular flexibility index (Phi) is 4.96. The van der Waals surface area contributed by atoms with Crippen LogP contribution in [0.4, 0.5) is 0 Å². The molecule has 6 heteroatoms. The van der Waals surface area contributed by atoms with Gasteiger partial charge < -0.3 is 10.6 Å². The van der Waals surface area contributed by atoms with E-state index in [9.17, 15) is 4.79 Å². The van der Waals surface area contributed by atoms with Crippen molar-refractivity contribution in [2.75, 3.05) is 13.1 Å². The summed E-state index contributed by atoms with van der Waals surface area (Å²) in [7, 11) is 0. The van der Waals surface area contributed by atoms with Gasteiger partial charge in [0.2, 0.25) is 0 Å². The number of rotatable bonds is 2. The molecular weight excluding hydrogens is 273 g/mol. The zero-order valence-electron chi connectivity index (χ0n) is 10.1. The molecule has 0 radical (unpaired) electrons. The van der Waals surface area contributed by atoms with Crippen LogP contribution in [-0.4, -0.2) is 30.0 Å². The summed E-state index contributed by atoms with van der Waals surface area (Å²) in [5, 5.41) is 6.38. The summed E-state index contributed by atoms with van der Waals surface area (Å²) >= 11 is 0. The average molecular weight is 290 g/mol. The Labute approximate surface area is 119 Å². The Morgan fingerprint density at radius 1 is 1.33 bits per heavy atom. The van der Waals surface area contributed by atoms with E-state index < -0.39 is 0 Å². The minimum Gasteiger partial charge on any atom is -0.349 e. The van der Waals surface area contributed by atoms with Gasteiger partial charge in [-0.3, -0.25) is 9.78 Å². The van der Waals surface area contributed by atoms with Crippen molar-refractivity contribution in [3.8, 4) is 0 Å².